The molecule has 0 aliphatic carbocycles. The lowest BCUT2D eigenvalue weighted by atomic mass is 10.2. The van der Waals surface area contributed by atoms with E-state index in [1.807, 2.05) is 6.92 Å². The van der Waals surface area contributed by atoms with E-state index < -0.39 is 15.7 Å². The van der Waals surface area contributed by atoms with Crippen molar-refractivity contribution in [3.05, 3.63) is 70.4 Å². The topological polar surface area (TPSA) is 57.9 Å². The Morgan fingerprint density at radius 3 is 2.19 bits per heavy atom. The van der Waals surface area contributed by atoms with Gasteiger partial charge in [-0.1, -0.05) is 29.8 Å². The fraction of sp³-hybridized carbons (Fsp3) is 0.0625. The van der Waals surface area contributed by atoms with Crippen LogP contribution in [0.15, 0.2) is 58.3 Å². The highest BCUT2D eigenvalue weighted by Crippen LogP contribution is 2.21. The molecule has 0 N–H and O–H groups in total. The van der Waals surface area contributed by atoms with Crippen LogP contribution in [0.3, 0.4) is 0 Å². The second-order valence-electron chi connectivity index (χ2n) is 4.49. The predicted molar refractivity (Wildman–Crippen MR) is 78.4 cm³/mol. The van der Waals surface area contributed by atoms with E-state index in [0.717, 1.165) is 5.56 Å². The summed E-state index contributed by atoms with van der Waals surface area (Å²) >= 11 is 0. The minimum atomic E-state index is -3.87. The van der Waals surface area contributed by atoms with E-state index in [4.69, 9.17) is 5.26 Å². The molecule has 0 aliphatic heterocycles. The average molecular weight is 301 g/mol. The van der Waals surface area contributed by atoms with Crippen LogP contribution >= 0.6 is 0 Å². The van der Waals surface area contributed by atoms with Crippen LogP contribution in [0.25, 0.3) is 6.08 Å². The van der Waals surface area contributed by atoms with E-state index in [1.54, 1.807) is 18.2 Å². The van der Waals surface area contributed by atoms with E-state index in [9.17, 15) is 12.8 Å². The number of sulfone groups is 1. The standard InChI is InChI=1S/C16H12FNO2S/c1-12-2-8-15(9-3-12)21(19,20)16(11-18)10-13-4-6-14(17)7-5-13/h2-10H,1H3. The van der Waals surface area contributed by atoms with Crippen LogP contribution in [-0.2, 0) is 9.84 Å². The van der Waals surface area contributed by atoms with Crippen LogP contribution in [0.2, 0.25) is 0 Å². The molecule has 21 heavy (non-hydrogen) atoms. The zero-order chi connectivity index (χ0) is 15.5. The molecule has 5 heteroatoms. The molecule has 3 nitrogen and oxygen atoms in total. The molecule has 2 rings (SSSR count). The molecule has 0 atom stereocenters. The van der Waals surface area contributed by atoms with Crippen molar-refractivity contribution in [1.29, 1.82) is 5.26 Å². The molecule has 0 bridgehead atoms. The van der Waals surface area contributed by atoms with Gasteiger partial charge in [-0.25, -0.2) is 12.8 Å². The Bertz CT molecular complexity index is 814. The number of hydrogen-bond donors (Lipinski definition) is 0. The molecule has 2 aromatic rings. The normalized spacial score (nSPS) is 12.0. The molecule has 2 aromatic carbocycles. The first-order valence-electron chi connectivity index (χ1n) is 6.12. The summed E-state index contributed by atoms with van der Waals surface area (Å²) in [5.74, 6) is -0.424. The third kappa shape index (κ3) is 3.36. The summed E-state index contributed by atoms with van der Waals surface area (Å²) < 4.78 is 37.6. The Morgan fingerprint density at radius 2 is 1.67 bits per heavy atom. The first-order valence-corrected chi connectivity index (χ1v) is 7.61. The molecule has 0 heterocycles. The van der Waals surface area contributed by atoms with Crippen LogP contribution < -0.4 is 0 Å². The summed E-state index contributed by atoms with van der Waals surface area (Å²) in [6.07, 6.45) is 1.23. The van der Waals surface area contributed by atoms with E-state index in [-0.39, 0.29) is 9.80 Å². The van der Waals surface area contributed by atoms with Crippen molar-refractivity contribution in [2.24, 2.45) is 0 Å². The van der Waals surface area contributed by atoms with E-state index in [2.05, 4.69) is 0 Å². The van der Waals surface area contributed by atoms with Crippen LogP contribution in [0.4, 0.5) is 4.39 Å². The van der Waals surface area contributed by atoms with Gasteiger partial charge in [-0.05, 0) is 42.8 Å². The summed E-state index contributed by atoms with van der Waals surface area (Å²) in [6, 6.07) is 13.2. The van der Waals surface area contributed by atoms with Gasteiger partial charge in [-0.3, -0.25) is 0 Å². The van der Waals surface area contributed by atoms with Crippen LogP contribution in [-0.4, -0.2) is 8.42 Å². The van der Waals surface area contributed by atoms with Crippen LogP contribution in [0.1, 0.15) is 11.1 Å². The summed E-state index contributed by atoms with van der Waals surface area (Å²) in [5.41, 5.74) is 1.37. The van der Waals surface area contributed by atoms with Crippen molar-refractivity contribution in [2.45, 2.75) is 11.8 Å². The molecular weight excluding hydrogens is 289 g/mol. The molecular formula is C16H12FNO2S. The SMILES string of the molecule is Cc1ccc(S(=O)(=O)C(C#N)=Cc2ccc(F)cc2)cc1. The highest BCUT2D eigenvalue weighted by molar-refractivity contribution is 7.95. The van der Waals surface area contributed by atoms with Crippen molar-refractivity contribution in [3.8, 4) is 6.07 Å². The molecule has 0 aliphatic rings. The van der Waals surface area contributed by atoms with Crippen molar-refractivity contribution in [1.82, 2.24) is 0 Å². The fourth-order valence-corrected chi connectivity index (χ4v) is 2.88. The van der Waals surface area contributed by atoms with Gasteiger partial charge in [-0.2, -0.15) is 5.26 Å². The first kappa shape index (κ1) is 14.9. The maximum atomic E-state index is 12.8. The number of nitriles is 1. The number of aryl methyl sites for hydroxylation is 1. The first-order chi connectivity index (χ1) is 9.93. The summed E-state index contributed by atoms with van der Waals surface area (Å²) in [5, 5.41) is 9.12. The largest absolute Gasteiger partial charge is 0.218 e. The number of hydrogen-bond acceptors (Lipinski definition) is 3. The molecule has 0 aromatic heterocycles. The lowest BCUT2D eigenvalue weighted by Crippen LogP contribution is -2.03. The molecule has 0 unspecified atom stereocenters. The Kier molecular flexibility index (Phi) is 4.20. The predicted octanol–water partition coefficient (Wildman–Crippen LogP) is 3.47. The summed E-state index contributed by atoms with van der Waals surface area (Å²) in [6.45, 7) is 1.84. The zero-order valence-electron chi connectivity index (χ0n) is 11.2. The number of nitrogens with zero attached hydrogens (tertiary/aromatic N) is 1. The van der Waals surface area contributed by atoms with E-state index in [0.29, 0.717) is 5.56 Å². The smallest absolute Gasteiger partial charge is 0.216 e. The molecule has 0 spiro atoms. The monoisotopic (exact) mass is 301 g/mol. The van der Waals surface area contributed by atoms with Gasteiger partial charge >= 0.3 is 0 Å². The van der Waals surface area contributed by atoms with Crippen molar-refractivity contribution >= 4 is 15.9 Å². The van der Waals surface area contributed by atoms with Gasteiger partial charge in [0.15, 0.2) is 0 Å². The van der Waals surface area contributed by atoms with Gasteiger partial charge < -0.3 is 0 Å². The molecule has 0 amide bonds. The van der Waals surface area contributed by atoms with Crippen molar-refractivity contribution < 1.29 is 12.8 Å². The van der Waals surface area contributed by atoms with Crippen LogP contribution in [0, 0.1) is 24.1 Å². The molecule has 0 radical (unpaired) electrons. The van der Waals surface area contributed by atoms with Crippen LogP contribution in [0.5, 0.6) is 0 Å². The lowest BCUT2D eigenvalue weighted by Gasteiger charge is -2.03. The highest BCUT2D eigenvalue weighted by Gasteiger charge is 2.20. The Labute approximate surface area is 122 Å². The van der Waals surface area contributed by atoms with E-state index >= 15 is 0 Å². The molecule has 106 valence electrons. The van der Waals surface area contributed by atoms with Gasteiger partial charge in [0, 0.05) is 0 Å². The maximum Gasteiger partial charge on any atom is 0.216 e. The number of rotatable bonds is 3. The van der Waals surface area contributed by atoms with Crippen molar-refractivity contribution in [2.75, 3.05) is 0 Å². The Morgan fingerprint density at radius 1 is 1.10 bits per heavy atom. The van der Waals surface area contributed by atoms with Crippen molar-refractivity contribution in [3.63, 3.8) is 0 Å². The third-order valence-electron chi connectivity index (χ3n) is 2.90. The third-order valence-corrected chi connectivity index (χ3v) is 4.58. The fourth-order valence-electron chi connectivity index (χ4n) is 1.72. The summed E-state index contributed by atoms with van der Waals surface area (Å²) in [4.78, 5) is -0.319. The minimum absolute atomic E-state index is 0.0583. The number of allylic oxidation sites excluding steroid dienone is 1. The van der Waals surface area contributed by atoms with Gasteiger partial charge in [0.05, 0.1) is 4.90 Å². The number of halogens is 1. The average Bonchev–Trinajstić information content (AvgIpc) is 2.47. The zero-order valence-corrected chi connectivity index (χ0v) is 12.1. The Hall–Kier alpha value is -2.45. The Balaban J connectivity index is 2.47. The second kappa shape index (κ2) is 5.90. The quantitative estimate of drug-likeness (QED) is 0.816. The van der Waals surface area contributed by atoms with E-state index in [1.165, 1.54) is 42.5 Å². The minimum Gasteiger partial charge on any atom is -0.218 e. The molecule has 0 saturated heterocycles. The molecule has 0 saturated carbocycles. The van der Waals surface area contributed by atoms with Gasteiger partial charge in [-0.15, -0.1) is 0 Å². The second-order valence-corrected chi connectivity index (χ2v) is 6.41. The molecule has 0 fully saturated rings. The highest BCUT2D eigenvalue weighted by atomic mass is 32.2. The number of benzene rings is 2. The lowest BCUT2D eigenvalue weighted by molar-refractivity contribution is 0.603. The summed E-state index contributed by atoms with van der Waals surface area (Å²) in [7, 11) is -3.87. The van der Waals surface area contributed by atoms with Gasteiger partial charge in [0.2, 0.25) is 9.84 Å². The maximum absolute atomic E-state index is 12.8. The van der Waals surface area contributed by atoms with Gasteiger partial charge in [0.25, 0.3) is 0 Å². The van der Waals surface area contributed by atoms with Gasteiger partial charge in [0.1, 0.15) is 16.8 Å².